The molecule has 0 saturated carbocycles. The molecule has 1 aromatic rings. The molecule has 4 nitrogen and oxygen atoms in total. The summed E-state index contributed by atoms with van der Waals surface area (Å²) in [6.45, 7) is 6.11. The second-order valence-electron chi connectivity index (χ2n) is 4.43. The van der Waals surface area contributed by atoms with Gasteiger partial charge in [0, 0.05) is 19.6 Å². The molecule has 2 rings (SSSR count). The highest BCUT2D eigenvalue weighted by molar-refractivity contribution is 5.24. The van der Waals surface area contributed by atoms with Crippen LogP contribution in [0.5, 0.6) is 0 Å². The average molecular weight is 235 g/mol. The lowest BCUT2D eigenvalue weighted by atomic mass is 10.1. The van der Waals surface area contributed by atoms with Gasteiger partial charge in [0.05, 0.1) is 19.3 Å². The molecule has 0 aliphatic carbocycles. The molecule has 1 atom stereocenters. The largest absolute Gasteiger partial charge is 0.379 e. The fourth-order valence-corrected chi connectivity index (χ4v) is 1.97. The second kappa shape index (κ2) is 6.12. The normalized spacial score (nSPS) is 19.2. The summed E-state index contributed by atoms with van der Waals surface area (Å²) in [7, 11) is 0. The van der Waals surface area contributed by atoms with E-state index in [-0.39, 0.29) is 6.04 Å². The number of morpholine rings is 1. The topological polar surface area (TPSA) is 50.5 Å². The van der Waals surface area contributed by atoms with Gasteiger partial charge in [0.2, 0.25) is 0 Å². The summed E-state index contributed by atoms with van der Waals surface area (Å²) in [4.78, 5) is 0. The van der Waals surface area contributed by atoms with Crippen molar-refractivity contribution >= 4 is 0 Å². The molecule has 17 heavy (non-hydrogen) atoms. The molecule has 1 heterocycles. The summed E-state index contributed by atoms with van der Waals surface area (Å²) >= 11 is 0. The van der Waals surface area contributed by atoms with Gasteiger partial charge in [-0.25, -0.2) is 10.4 Å². The van der Waals surface area contributed by atoms with Crippen LogP contribution in [0.1, 0.15) is 17.2 Å². The number of hydrazine groups is 1. The Kier molecular flexibility index (Phi) is 4.50. The van der Waals surface area contributed by atoms with E-state index >= 15 is 0 Å². The predicted octanol–water partition coefficient (Wildman–Crippen LogP) is 0.832. The Hall–Kier alpha value is -0.940. The van der Waals surface area contributed by atoms with Gasteiger partial charge in [-0.05, 0) is 12.5 Å². The first kappa shape index (κ1) is 12.5. The van der Waals surface area contributed by atoms with Crippen LogP contribution in [0.15, 0.2) is 24.3 Å². The molecular formula is C13H21N3O. The lowest BCUT2D eigenvalue weighted by Crippen LogP contribution is -2.48. The summed E-state index contributed by atoms with van der Waals surface area (Å²) in [6.07, 6.45) is 0. The third-order valence-electron chi connectivity index (χ3n) is 3.06. The number of nitrogens with two attached hydrogens (primary N) is 1. The number of hydrogen-bond donors (Lipinski definition) is 2. The van der Waals surface area contributed by atoms with Crippen LogP contribution < -0.4 is 11.2 Å². The summed E-state index contributed by atoms with van der Waals surface area (Å²) in [5, 5.41) is 2.20. The fourth-order valence-electron chi connectivity index (χ4n) is 1.97. The van der Waals surface area contributed by atoms with Crippen molar-refractivity contribution in [2.75, 3.05) is 32.8 Å². The van der Waals surface area contributed by atoms with Crippen LogP contribution in [0.4, 0.5) is 0 Å². The zero-order chi connectivity index (χ0) is 12.1. The van der Waals surface area contributed by atoms with Gasteiger partial charge in [-0.1, -0.05) is 29.8 Å². The van der Waals surface area contributed by atoms with Gasteiger partial charge in [0.25, 0.3) is 0 Å². The lowest BCUT2D eigenvalue weighted by Gasteiger charge is -2.31. The van der Waals surface area contributed by atoms with E-state index in [1.165, 1.54) is 11.1 Å². The van der Waals surface area contributed by atoms with Crippen LogP contribution in [0.3, 0.4) is 0 Å². The monoisotopic (exact) mass is 235 g/mol. The Bertz CT molecular complexity index is 333. The quantitative estimate of drug-likeness (QED) is 0.811. The maximum absolute atomic E-state index is 5.84. The Morgan fingerprint density at radius 1 is 1.29 bits per heavy atom. The number of aryl methyl sites for hydroxylation is 1. The lowest BCUT2D eigenvalue weighted by molar-refractivity contribution is 0.00405. The minimum absolute atomic E-state index is 0.189. The zero-order valence-electron chi connectivity index (χ0n) is 10.4. The molecule has 1 fully saturated rings. The fraction of sp³-hybridized carbons (Fsp3) is 0.538. The Morgan fingerprint density at radius 3 is 2.53 bits per heavy atom. The molecule has 0 amide bonds. The molecule has 94 valence electrons. The number of ether oxygens (including phenoxy) is 1. The smallest absolute Gasteiger partial charge is 0.0608 e. The summed E-state index contributed by atoms with van der Waals surface area (Å²) in [5.41, 5.74) is 11.8. The maximum atomic E-state index is 5.84. The molecule has 0 bridgehead atoms. The van der Waals surface area contributed by atoms with Crippen molar-refractivity contribution in [1.82, 2.24) is 10.4 Å². The number of nitrogens with zero attached hydrogens (tertiary/aromatic N) is 1. The van der Waals surface area contributed by atoms with E-state index in [9.17, 15) is 0 Å². The number of hydrogen-bond acceptors (Lipinski definition) is 4. The van der Waals surface area contributed by atoms with Crippen LogP contribution in [-0.4, -0.2) is 37.9 Å². The van der Waals surface area contributed by atoms with E-state index in [2.05, 4.69) is 41.6 Å². The van der Waals surface area contributed by atoms with Crippen LogP contribution in [0, 0.1) is 6.92 Å². The third kappa shape index (κ3) is 3.51. The summed E-state index contributed by atoms with van der Waals surface area (Å²) in [6, 6.07) is 8.71. The number of nitrogens with one attached hydrogen (secondary N) is 1. The molecule has 1 saturated heterocycles. The second-order valence-corrected chi connectivity index (χ2v) is 4.43. The molecule has 0 aromatic heterocycles. The Morgan fingerprint density at radius 2 is 1.94 bits per heavy atom. The van der Waals surface area contributed by atoms with Gasteiger partial charge in [-0.2, -0.15) is 0 Å². The minimum Gasteiger partial charge on any atom is -0.379 e. The van der Waals surface area contributed by atoms with Gasteiger partial charge in [-0.15, -0.1) is 0 Å². The van der Waals surface area contributed by atoms with Crippen molar-refractivity contribution in [3.05, 3.63) is 35.4 Å². The van der Waals surface area contributed by atoms with Crippen molar-refractivity contribution < 1.29 is 4.74 Å². The van der Waals surface area contributed by atoms with Crippen molar-refractivity contribution in [1.29, 1.82) is 0 Å². The first-order chi connectivity index (χ1) is 8.29. The molecule has 1 unspecified atom stereocenters. The highest BCUT2D eigenvalue weighted by Gasteiger charge is 2.15. The standard InChI is InChI=1S/C13H21N3O/c1-11-2-4-12(5-3-11)13(10-14)15-16-6-8-17-9-7-16/h2-5,13,15H,6-10,14H2,1H3. The van der Waals surface area contributed by atoms with Crippen molar-refractivity contribution in [3.8, 4) is 0 Å². The van der Waals surface area contributed by atoms with E-state index in [1.807, 2.05) is 0 Å². The molecule has 1 aliphatic rings. The number of rotatable bonds is 4. The van der Waals surface area contributed by atoms with Crippen molar-refractivity contribution in [3.63, 3.8) is 0 Å². The Labute approximate surface area is 103 Å². The van der Waals surface area contributed by atoms with Gasteiger partial charge in [0.1, 0.15) is 0 Å². The zero-order valence-corrected chi connectivity index (χ0v) is 10.4. The molecule has 1 aromatic carbocycles. The highest BCUT2D eigenvalue weighted by atomic mass is 16.5. The first-order valence-corrected chi connectivity index (χ1v) is 6.15. The maximum Gasteiger partial charge on any atom is 0.0608 e. The van der Waals surface area contributed by atoms with Crippen LogP contribution in [0.2, 0.25) is 0 Å². The molecular weight excluding hydrogens is 214 g/mol. The molecule has 0 radical (unpaired) electrons. The van der Waals surface area contributed by atoms with Crippen molar-refractivity contribution in [2.24, 2.45) is 5.73 Å². The van der Waals surface area contributed by atoms with Gasteiger partial charge >= 0.3 is 0 Å². The third-order valence-corrected chi connectivity index (χ3v) is 3.06. The van der Waals surface area contributed by atoms with E-state index < -0.39 is 0 Å². The molecule has 1 aliphatic heterocycles. The number of benzene rings is 1. The van der Waals surface area contributed by atoms with Crippen LogP contribution in [-0.2, 0) is 4.74 Å². The van der Waals surface area contributed by atoms with Crippen LogP contribution in [0.25, 0.3) is 0 Å². The molecule has 0 spiro atoms. The van der Waals surface area contributed by atoms with E-state index in [1.54, 1.807) is 0 Å². The molecule has 3 N–H and O–H groups in total. The predicted molar refractivity (Wildman–Crippen MR) is 68.5 cm³/mol. The average Bonchev–Trinajstić information content (AvgIpc) is 2.38. The molecule has 4 heteroatoms. The first-order valence-electron chi connectivity index (χ1n) is 6.15. The SMILES string of the molecule is Cc1ccc(C(CN)NN2CCOCC2)cc1. The van der Waals surface area contributed by atoms with Gasteiger partial charge in [0.15, 0.2) is 0 Å². The van der Waals surface area contributed by atoms with E-state index in [0.717, 1.165) is 26.3 Å². The highest BCUT2D eigenvalue weighted by Crippen LogP contribution is 2.13. The summed E-state index contributed by atoms with van der Waals surface area (Å²) in [5.74, 6) is 0. The van der Waals surface area contributed by atoms with Crippen molar-refractivity contribution in [2.45, 2.75) is 13.0 Å². The van der Waals surface area contributed by atoms with E-state index in [0.29, 0.717) is 6.54 Å². The summed E-state index contributed by atoms with van der Waals surface area (Å²) < 4.78 is 5.32. The van der Waals surface area contributed by atoms with E-state index in [4.69, 9.17) is 10.5 Å². The minimum atomic E-state index is 0.189. The van der Waals surface area contributed by atoms with Gasteiger partial charge < -0.3 is 10.5 Å². The van der Waals surface area contributed by atoms with Crippen LogP contribution >= 0.6 is 0 Å². The Balaban J connectivity index is 1.97. The van der Waals surface area contributed by atoms with Gasteiger partial charge in [-0.3, -0.25) is 0 Å².